The van der Waals surface area contributed by atoms with Gasteiger partial charge in [0.05, 0.1) is 52.1 Å². The van der Waals surface area contributed by atoms with Gasteiger partial charge in [0.25, 0.3) is 5.69 Å². The van der Waals surface area contributed by atoms with E-state index < -0.39 is 10.9 Å². The summed E-state index contributed by atoms with van der Waals surface area (Å²) >= 11 is 0. The first-order valence-corrected chi connectivity index (χ1v) is 9.10. The molecule has 2 aromatic carbocycles. The van der Waals surface area contributed by atoms with Crippen molar-refractivity contribution < 1.29 is 38.1 Å². The van der Waals surface area contributed by atoms with Gasteiger partial charge in [-0.2, -0.15) is 0 Å². The van der Waals surface area contributed by atoms with Crippen LogP contribution in [0.1, 0.15) is 11.1 Å². The van der Waals surface area contributed by atoms with E-state index in [-0.39, 0.29) is 34.3 Å². The van der Waals surface area contributed by atoms with Gasteiger partial charge in [-0.1, -0.05) is 0 Å². The number of nitro benzene ring substituents is 1. The third-order valence-electron chi connectivity index (χ3n) is 4.55. The van der Waals surface area contributed by atoms with E-state index in [1.165, 1.54) is 53.8 Å². The molecule has 0 unspecified atom stereocenters. The number of cyclic esters (lactones) is 1. The Morgan fingerprint density at radius 2 is 1.44 bits per heavy atom. The number of ether oxygens (including phenoxy) is 6. The quantitative estimate of drug-likeness (QED) is 0.261. The molecule has 1 aliphatic rings. The fraction of sp³-hybridized carbons (Fsp3) is 0.238. The van der Waals surface area contributed by atoms with Crippen molar-refractivity contribution in [3.8, 4) is 28.7 Å². The molecule has 0 amide bonds. The second kappa shape index (κ2) is 9.25. The lowest BCUT2D eigenvalue weighted by Gasteiger charge is -2.13. The van der Waals surface area contributed by atoms with Gasteiger partial charge in [-0.25, -0.2) is 9.79 Å². The highest BCUT2D eigenvalue weighted by molar-refractivity contribution is 6.13. The van der Waals surface area contributed by atoms with Gasteiger partial charge in [-0.3, -0.25) is 10.1 Å². The average molecular weight is 444 g/mol. The van der Waals surface area contributed by atoms with Crippen LogP contribution in [0.5, 0.6) is 28.7 Å². The Labute approximate surface area is 182 Å². The predicted octanol–water partition coefficient (Wildman–Crippen LogP) is 2.98. The number of esters is 1. The monoisotopic (exact) mass is 444 g/mol. The van der Waals surface area contributed by atoms with Crippen LogP contribution in [0.25, 0.3) is 6.08 Å². The van der Waals surface area contributed by atoms with Crippen LogP contribution < -0.4 is 23.7 Å². The first-order valence-electron chi connectivity index (χ1n) is 9.10. The Balaban J connectivity index is 2.10. The van der Waals surface area contributed by atoms with E-state index in [4.69, 9.17) is 28.4 Å². The molecule has 0 N–H and O–H groups in total. The van der Waals surface area contributed by atoms with Gasteiger partial charge < -0.3 is 28.4 Å². The minimum Gasteiger partial charge on any atom is -0.493 e. The number of carbonyl (C=O) groups excluding carboxylic acids is 1. The molecule has 11 heteroatoms. The topological polar surface area (TPSA) is 128 Å². The fourth-order valence-electron chi connectivity index (χ4n) is 3.04. The van der Waals surface area contributed by atoms with Gasteiger partial charge in [-0.15, -0.1) is 0 Å². The zero-order valence-electron chi connectivity index (χ0n) is 18.0. The maximum Gasteiger partial charge on any atom is 0.363 e. The Bertz CT molecular complexity index is 1110. The number of methoxy groups -OCH3 is 5. The van der Waals surface area contributed by atoms with Gasteiger partial charge in [-0.05, 0) is 24.3 Å². The predicted molar refractivity (Wildman–Crippen MR) is 113 cm³/mol. The normalized spacial score (nSPS) is 14.0. The van der Waals surface area contributed by atoms with E-state index in [9.17, 15) is 14.9 Å². The lowest BCUT2D eigenvalue weighted by molar-refractivity contribution is -0.385. The molecule has 1 aliphatic heterocycles. The number of hydrogen-bond donors (Lipinski definition) is 0. The SMILES string of the molecule is COc1cc(C=C2N=C(c3cc(OC)c(OC)c(OC)c3)OC2=O)c([N+](=O)[O-])cc1OC. The average Bonchev–Trinajstić information content (AvgIpc) is 3.17. The molecular weight excluding hydrogens is 424 g/mol. The third-order valence-corrected chi connectivity index (χ3v) is 4.55. The number of benzene rings is 2. The minimum absolute atomic E-state index is 0.0244. The molecule has 0 aliphatic carbocycles. The van der Waals surface area contributed by atoms with Gasteiger partial charge in [0, 0.05) is 5.56 Å². The van der Waals surface area contributed by atoms with E-state index in [1.807, 2.05) is 0 Å². The van der Waals surface area contributed by atoms with Crippen LogP contribution >= 0.6 is 0 Å². The highest BCUT2D eigenvalue weighted by Crippen LogP contribution is 2.39. The van der Waals surface area contributed by atoms with E-state index in [2.05, 4.69) is 4.99 Å². The summed E-state index contributed by atoms with van der Waals surface area (Å²) < 4.78 is 31.5. The molecular formula is C21H20N2O9. The Morgan fingerprint density at radius 1 is 0.875 bits per heavy atom. The second-order valence-corrected chi connectivity index (χ2v) is 6.27. The van der Waals surface area contributed by atoms with Crippen molar-refractivity contribution in [1.82, 2.24) is 0 Å². The number of carbonyl (C=O) groups is 1. The third kappa shape index (κ3) is 4.13. The molecule has 32 heavy (non-hydrogen) atoms. The smallest absolute Gasteiger partial charge is 0.363 e. The summed E-state index contributed by atoms with van der Waals surface area (Å²) in [6.45, 7) is 0. The van der Waals surface area contributed by atoms with Crippen LogP contribution in [-0.2, 0) is 9.53 Å². The van der Waals surface area contributed by atoms with E-state index >= 15 is 0 Å². The van der Waals surface area contributed by atoms with Crippen LogP contribution in [0.2, 0.25) is 0 Å². The zero-order valence-corrected chi connectivity index (χ0v) is 18.0. The highest BCUT2D eigenvalue weighted by atomic mass is 16.6. The van der Waals surface area contributed by atoms with E-state index in [0.717, 1.165) is 0 Å². The molecule has 0 saturated heterocycles. The number of hydrogen-bond acceptors (Lipinski definition) is 10. The summed E-state index contributed by atoms with van der Waals surface area (Å²) in [4.78, 5) is 27.6. The highest BCUT2D eigenvalue weighted by Gasteiger charge is 2.28. The largest absolute Gasteiger partial charge is 0.493 e. The molecule has 168 valence electrons. The standard InChI is InChI=1S/C21H20N2O9/c1-27-15-7-11(14(23(25)26)10-16(15)28-2)6-13-21(24)32-20(22-13)12-8-17(29-3)19(31-5)18(9-12)30-4/h6-10H,1-5H3. The fourth-order valence-corrected chi connectivity index (χ4v) is 3.04. The van der Waals surface area contributed by atoms with Crippen molar-refractivity contribution in [1.29, 1.82) is 0 Å². The first kappa shape index (κ1) is 22.4. The summed E-state index contributed by atoms with van der Waals surface area (Å²) in [6, 6.07) is 5.71. The molecule has 1 heterocycles. The zero-order chi connectivity index (χ0) is 23.4. The van der Waals surface area contributed by atoms with Crippen molar-refractivity contribution in [2.24, 2.45) is 4.99 Å². The van der Waals surface area contributed by atoms with Gasteiger partial charge in [0.2, 0.25) is 11.6 Å². The molecule has 0 spiro atoms. The molecule has 11 nitrogen and oxygen atoms in total. The van der Waals surface area contributed by atoms with Crippen molar-refractivity contribution in [2.75, 3.05) is 35.5 Å². The number of nitrogens with zero attached hydrogens (tertiary/aromatic N) is 2. The summed E-state index contributed by atoms with van der Waals surface area (Å²) in [5.74, 6) is 0.672. The van der Waals surface area contributed by atoms with Gasteiger partial charge in [0.1, 0.15) is 0 Å². The number of rotatable bonds is 8. The van der Waals surface area contributed by atoms with E-state index in [1.54, 1.807) is 12.1 Å². The maximum absolute atomic E-state index is 12.4. The summed E-state index contributed by atoms with van der Waals surface area (Å²) in [5, 5.41) is 11.5. The molecule has 3 rings (SSSR count). The Morgan fingerprint density at radius 3 is 1.94 bits per heavy atom. The second-order valence-electron chi connectivity index (χ2n) is 6.27. The summed E-state index contributed by atoms with van der Waals surface area (Å²) in [6.07, 6.45) is 1.24. The van der Waals surface area contributed by atoms with Crippen molar-refractivity contribution in [3.05, 3.63) is 51.2 Å². The van der Waals surface area contributed by atoms with Crippen LogP contribution in [0.4, 0.5) is 5.69 Å². The molecule has 0 radical (unpaired) electrons. The van der Waals surface area contributed by atoms with Crippen LogP contribution in [0.15, 0.2) is 35.0 Å². The summed E-state index contributed by atoms with van der Waals surface area (Å²) in [7, 11) is 7.12. The lowest BCUT2D eigenvalue weighted by Crippen LogP contribution is -2.07. The summed E-state index contributed by atoms with van der Waals surface area (Å²) in [5.41, 5.74) is 0.0519. The molecule has 2 aromatic rings. The van der Waals surface area contributed by atoms with Crippen LogP contribution in [0, 0.1) is 10.1 Å². The molecule has 0 bridgehead atoms. The molecule has 0 atom stereocenters. The molecule has 0 fully saturated rings. The maximum atomic E-state index is 12.4. The van der Waals surface area contributed by atoms with Gasteiger partial charge >= 0.3 is 5.97 Å². The van der Waals surface area contributed by atoms with Gasteiger partial charge in [0.15, 0.2) is 28.7 Å². The minimum atomic E-state index is -0.780. The number of nitro groups is 1. The molecule has 0 saturated carbocycles. The first-order chi connectivity index (χ1) is 15.4. The Kier molecular flexibility index (Phi) is 6.47. The number of aliphatic imine (C=N–C) groups is 1. The lowest BCUT2D eigenvalue weighted by atomic mass is 10.1. The Hall–Kier alpha value is -4.28. The van der Waals surface area contributed by atoms with Crippen molar-refractivity contribution in [3.63, 3.8) is 0 Å². The van der Waals surface area contributed by atoms with Crippen LogP contribution in [-0.4, -0.2) is 52.3 Å². The van der Waals surface area contributed by atoms with Crippen molar-refractivity contribution in [2.45, 2.75) is 0 Å². The molecule has 0 aromatic heterocycles. The van der Waals surface area contributed by atoms with E-state index in [0.29, 0.717) is 22.8 Å². The van der Waals surface area contributed by atoms with Crippen LogP contribution in [0.3, 0.4) is 0 Å². The van der Waals surface area contributed by atoms with Crippen molar-refractivity contribution >= 4 is 23.6 Å².